The van der Waals surface area contributed by atoms with Gasteiger partial charge >= 0.3 is 0 Å². The van der Waals surface area contributed by atoms with Crippen LogP contribution >= 0.6 is 35.6 Å². The van der Waals surface area contributed by atoms with E-state index in [1.165, 1.54) is 0 Å². The molecule has 2 rings (SSSR count). The van der Waals surface area contributed by atoms with Crippen molar-refractivity contribution in [1.82, 2.24) is 10.3 Å². The molecule has 0 bridgehead atoms. The molecule has 0 aliphatic carbocycles. The number of hydrogen-bond acceptors (Lipinski definition) is 2. The van der Waals surface area contributed by atoms with E-state index in [2.05, 4.69) is 10.3 Å². The van der Waals surface area contributed by atoms with Crippen LogP contribution in [0.25, 0.3) is 0 Å². The number of halogens is 3. The number of benzene rings is 1. The average Bonchev–Trinajstić information content (AvgIpc) is 2.35. The van der Waals surface area contributed by atoms with Crippen molar-refractivity contribution in [2.24, 2.45) is 0 Å². The highest BCUT2D eigenvalue weighted by atomic mass is 35.5. The van der Waals surface area contributed by atoms with Crippen LogP contribution in [0.15, 0.2) is 42.6 Å². The average molecular weight is 304 g/mol. The van der Waals surface area contributed by atoms with Gasteiger partial charge in [-0.2, -0.15) is 0 Å². The van der Waals surface area contributed by atoms with Crippen LogP contribution < -0.4 is 5.32 Å². The highest BCUT2D eigenvalue weighted by Crippen LogP contribution is 2.22. The van der Waals surface area contributed by atoms with E-state index in [-0.39, 0.29) is 12.4 Å². The first-order valence-corrected chi connectivity index (χ1v) is 6.06. The van der Waals surface area contributed by atoms with Gasteiger partial charge in [0.15, 0.2) is 0 Å². The predicted octanol–water partition coefficient (Wildman–Crippen LogP) is 4.10. The summed E-state index contributed by atoms with van der Waals surface area (Å²) < 4.78 is 0. The minimum absolute atomic E-state index is 0. The maximum Gasteiger partial charge on any atom is 0.0595 e. The molecule has 1 aromatic heterocycles. The van der Waals surface area contributed by atoms with Crippen molar-refractivity contribution in [3.63, 3.8) is 0 Å². The van der Waals surface area contributed by atoms with E-state index in [4.69, 9.17) is 23.2 Å². The van der Waals surface area contributed by atoms with Gasteiger partial charge in [0.1, 0.15) is 0 Å². The van der Waals surface area contributed by atoms with Crippen LogP contribution in [-0.4, -0.2) is 4.98 Å². The molecule has 18 heavy (non-hydrogen) atoms. The van der Waals surface area contributed by atoms with Gasteiger partial charge in [-0.3, -0.25) is 4.98 Å². The summed E-state index contributed by atoms with van der Waals surface area (Å²) in [5.74, 6) is 0. The second kappa shape index (κ2) is 7.59. The molecule has 0 saturated carbocycles. The molecule has 0 aliphatic rings. The highest BCUT2D eigenvalue weighted by molar-refractivity contribution is 6.42. The molecule has 0 radical (unpaired) electrons. The Balaban J connectivity index is 0.00000162. The highest BCUT2D eigenvalue weighted by Gasteiger charge is 1.99. The summed E-state index contributed by atoms with van der Waals surface area (Å²) in [6, 6.07) is 11.5. The third kappa shape index (κ3) is 4.46. The van der Waals surface area contributed by atoms with Gasteiger partial charge in [0, 0.05) is 19.3 Å². The summed E-state index contributed by atoms with van der Waals surface area (Å²) in [5, 5.41) is 4.47. The van der Waals surface area contributed by atoms with E-state index in [0.717, 1.165) is 24.3 Å². The van der Waals surface area contributed by atoms with Crippen molar-refractivity contribution in [3.05, 3.63) is 63.9 Å². The third-order valence-electron chi connectivity index (χ3n) is 2.35. The van der Waals surface area contributed by atoms with Gasteiger partial charge in [-0.05, 0) is 29.8 Å². The fourth-order valence-electron chi connectivity index (χ4n) is 1.49. The first-order valence-electron chi connectivity index (χ1n) is 5.30. The molecule has 0 saturated heterocycles. The SMILES string of the molecule is Cl.Clc1ccc(CNCc2ccccn2)cc1Cl. The Morgan fingerprint density at radius 1 is 1.00 bits per heavy atom. The number of nitrogens with zero attached hydrogens (tertiary/aromatic N) is 1. The van der Waals surface area contributed by atoms with Crippen LogP contribution in [0.1, 0.15) is 11.3 Å². The normalized spacial score (nSPS) is 9.89. The van der Waals surface area contributed by atoms with Crippen molar-refractivity contribution in [2.75, 3.05) is 0 Å². The minimum atomic E-state index is 0. The fraction of sp³-hybridized carbons (Fsp3) is 0.154. The lowest BCUT2D eigenvalue weighted by Crippen LogP contribution is -2.13. The van der Waals surface area contributed by atoms with Crippen molar-refractivity contribution < 1.29 is 0 Å². The topological polar surface area (TPSA) is 24.9 Å². The minimum Gasteiger partial charge on any atom is -0.307 e. The number of rotatable bonds is 4. The fourth-order valence-corrected chi connectivity index (χ4v) is 1.81. The van der Waals surface area contributed by atoms with E-state index in [1.807, 2.05) is 36.4 Å². The molecule has 1 heterocycles. The molecular formula is C13H13Cl3N2. The molecule has 0 aliphatic heterocycles. The maximum absolute atomic E-state index is 5.94. The molecule has 1 N–H and O–H groups in total. The van der Waals surface area contributed by atoms with Crippen LogP contribution in [0, 0.1) is 0 Å². The van der Waals surface area contributed by atoms with E-state index in [1.54, 1.807) is 6.20 Å². The van der Waals surface area contributed by atoms with Gasteiger partial charge in [-0.25, -0.2) is 0 Å². The standard InChI is InChI=1S/C13H12Cl2N2.ClH/c14-12-5-4-10(7-13(12)15)8-16-9-11-3-1-2-6-17-11;/h1-7,16H,8-9H2;1H. The summed E-state index contributed by atoms with van der Waals surface area (Å²) in [7, 11) is 0. The third-order valence-corrected chi connectivity index (χ3v) is 3.08. The largest absolute Gasteiger partial charge is 0.307 e. The Hall–Kier alpha value is -0.800. The molecule has 2 aromatic rings. The van der Waals surface area contributed by atoms with Crippen molar-refractivity contribution >= 4 is 35.6 Å². The Bertz CT molecular complexity index is 489. The van der Waals surface area contributed by atoms with E-state index < -0.39 is 0 Å². The Morgan fingerprint density at radius 3 is 2.50 bits per heavy atom. The molecule has 96 valence electrons. The molecule has 1 aromatic carbocycles. The molecule has 0 fully saturated rings. The summed E-state index contributed by atoms with van der Waals surface area (Å²) in [6.45, 7) is 1.48. The van der Waals surface area contributed by atoms with Crippen LogP contribution in [0.3, 0.4) is 0 Å². The zero-order chi connectivity index (χ0) is 12.1. The van der Waals surface area contributed by atoms with E-state index >= 15 is 0 Å². The molecule has 0 spiro atoms. The summed E-state index contributed by atoms with van der Waals surface area (Å²) in [6.07, 6.45) is 1.79. The quantitative estimate of drug-likeness (QED) is 0.920. The zero-order valence-electron chi connectivity index (χ0n) is 9.57. The lowest BCUT2D eigenvalue weighted by atomic mass is 10.2. The molecule has 0 atom stereocenters. The van der Waals surface area contributed by atoms with Gasteiger partial charge < -0.3 is 5.32 Å². The summed E-state index contributed by atoms with van der Waals surface area (Å²) >= 11 is 11.8. The van der Waals surface area contributed by atoms with Gasteiger partial charge in [-0.15, -0.1) is 12.4 Å². The molecule has 5 heteroatoms. The van der Waals surface area contributed by atoms with E-state index in [0.29, 0.717) is 10.0 Å². The number of nitrogens with one attached hydrogen (secondary N) is 1. The van der Waals surface area contributed by atoms with Gasteiger partial charge in [0.05, 0.1) is 15.7 Å². The Morgan fingerprint density at radius 2 is 1.83 bits per heavy atom. The molecule has 0 unspecified atom stereocenters. The number of pyridine rings is 1. The maximum atomic E-state index is 5.94. The number of aromatic nitrogens is 1. The van der Waals surface area contributed by atoms with Gasteiger partial charge in [0.25, 0.3) is 0 Å². The second-order valence-corrected chi connectivity index (χ2v) is 4.49. The Labute approximate surface area is 123 Å². The van der Waals surface area contributed by atoms with Crippen molar-refractivity contribution in [1.29, 1.82) is 0 Å². The van der Waals surface area contributed by atoms with Crippen molar-refractivity contribution in [3.8, 4) is 0 Å². The summed E-state index contributed by atoms with van der Waals surface area (Å²) in [5.41, 5.74) is 2.13. The summed E-state index contributed by atoms with van der Waals surface area (Å²) in [4.78, 5) is 4.23. The number of hydrogen-bond donors (Lipinski definition) is 1. The Kier molecular flexibility index (Phi) is 6.44. The lowest BCUT2D eigenvalue weighted by Gasteiger charge is -2.05. The first kappa shape index (κ1) is 15.3. The molecule has 2 nitrogen and oxygen atoms in total. The van der Waals surface area contributed by atoms with Crippen LogP contribution in [-0.2, 0) is 13.1 Å². The molecule has 0 amide bonds. The molecular weight excluding hydrogens is 291 g/mol. The first-order chi connectivity index (χ1) is 8.25. The lowest BCUT2D eigenvalue weighted by molar-refractivity contribution is 0.680. The van der Waals surface area contributed by atoms with Crippen LogP contribution in [0.5, 0.6) is 0 Å². The van der Waals surface area contributed by atoms with Crippen LogP contribution in [0.4, 0.5) is 0 Å². The zero-order valence-corrected chi connectivity index (χ0v) is 11.9. The van der Waals surface area contributed by atoms with E-state index in [9.17, 15) is 0 Å². The monoisotopic (exact) mass is 302 g/mol. The predicted molar refractivity (Wildman–Crippen MR) is 78.5 cm³/mol. The van der Waals surface area contributed by atoms with Crippen LogP contribution in [0.2, 0.25) is 10.0 Å². The van der Waals surface area contributed by atoms with Crippen molar-refractivity contribution in [2.45, 2.75) is 13.1 Å². The smallest absolute Gasteiger partial charge is 0.0595 e. The van der Waals surface area contributed by atoms with Gasteiger partial charge in [0.2, 0.25) is 0 Å². The second-order valence-electron chi connectivity index (χ2n) is 3.67. The van der Waals surface area contributed by atoms with Gasteiger partial charge in [-0.1, -0.05) is 35.3 Å².